The van der Waals surface area contributed by atoms with Gasteiger partial charge in [0.25, 0.3) is 5.91 Å². The van der Waals surface area contributed by atoms with Crippen LogP contribution in [0.1, 0.15) is 16.1 Å². The predicted octanol–water partition coefficient (Wildman–Crippen LogP) is 2.37. The maximum Gasteiger partial charge on any atom is 0.402 e. The van der Waals surface area contributed by atoms with Crippen LogP contribution in [0.15, 0.2) is 41.4 Å². The van der Waals surface area contributed by atoms with Crippen molar-refractivity contribution in [2.24, 2.45) is 7.05 Å². The van der Waals surface area contributed by atoms with Crippen LogP contribution in [-0.4, -0.2) is 41.8 Å². The highest BCUT2D eigenvalue weighted by atomic mass is 32.2. The number of halogens is 3. The summed E-state index contributed by atoms with van der Waals surface area (Å²) >= 11 is 0. The van der Waals surface area contributed by atoms with Crippen LogP contribution in [0.2, 0.25) is 0 Å². The molecule has 0 spiro atoms. The minimum Gasteiger partial charge on any atom is -0.322 e. The van der Waals surface area contributed by atoms with Gasteiger partial charge in [-0.05, 0) is 37.3 Å². The Morgan fingerprint density at radius 2 is 1.86 bits per heavy atom. The van der Waals surface area contributed by atoms with Gasteiger partial charge >= 0.3 is 6.18 Å². The van der Waals surface area contributed by atoms with Gasteiger partial charge in [0.05, 0.1) is 16.2 Å². The van der Waals surface area contributed by atoms with Crippen LogP contribution in [0.4, 0.5) is 18.9 Å². The molecular formula is C17H16F3N5O3S. The molecule has 0 atom stereocenters. The monoisotopic (exact) mass is 427 g/mol. The number of fused-ring (bicyclic) bond motifs is 1. The maximum atomic E-state index is 12.4. The third-order valence-corrected chi connectivity index (χ3v) is 5.43. The van der Waals surface area contributed by atoms with Crippen LogP contribution in [0, 0.1) is 6.92 Å². The molecule has 0 unspecified atom stereocenters. The molecule has 1 amide bonds. The molecule has 0 aliphatic heterocycles. The summed E-state index contributed by atoms with van der Waals surface area (Å²) in [5.74, 6) is -0.478. The first-order valence-electron chi connectivity index (χ1n) is 8.23. The van der Waals surface area contributed by atoms with Crippen molar-refractivity contribution in [1.82, 2.24) is 19.5 Å². The molecule has 2 N–H and O–H groups in total. The van der Waals surface area contributed by atoms with E-state index >= 15 is 0 Å². The summed E-state index contributed by atoms with van der Waals surface area (Å²) in [7, 11) is -2.58. The zero-order valence-electron chi connectivity index (χ0n) is 15.3. The molecule has 0 bridgehead atoms. The number of rotatable bonds is 5. The van der Waals surface area contributed by atoms with Crippen LogP contribution < -0.4 is 10.0 Å². The summed E-state index contributed by atoms with van der Waals surface area (Å²) in [5, 5.41) is 7.53. The molecule has 1 aromatic carbocycles. The number of alkyl halides is 3. The van der Waals surface area contributed by atoms with Crippen LogP contribution >= 0.6 is 0 Å². The highest BCUT2D eigenvalue weighted by Crippen LogP contribution is 2.19. The molecule has 0 aliphatic carbocycles. The first kappa shape index (κ1) is 20.7. The van der Waals surface area contributed by atoms with Gasteiger partial charge in [-0.2, -0.15) is 18.3 Å². The first-order valence-corrected chi connectivity index (χ1v) is 9.72. The summed E-state index contributed by atoms with van der Waals surface area (Å²) in [6.45, 7) is 0.120. The molecule has 154 valence electrons. The van der Waals surface area contributed by atoms with E-state index in [1.807, 2.05) is 0 Å². The lowest BCUT2D eigenvalue weighted by molar-refractivity contribution is -0.121. The Morgan fingerprint density at radius 3 is 2.48 bits per heavy atom. The lowest BCUT2D eigenvalue weighted by Gasteiger charge is -2.10. The summed E-state index contributed by atoms with van der Waals surface area (Å²) in [6, 6.07) is 6.39. The van der Waals surface area contributed by atoms with Gasteiger partial charge in [-0.25, -0.2) is 18.1 Å². The minimum atomic E-state index is -4.66. The standard InChI is InChI=1S/C17H16F3N5O3S/c1-10-14-7-11(8-21-15(14)25(2)24-10)16(26)23-12-3-5-13(6-4-12)29(27,28)22-9-17(18,19)20/h3-8,22H,9H2,1-2H3,(H,23,26). The van der Waals surface area contributed by atoms with E-state index in [9.17, 15) is 26.4 Å². The zero-order valence-corrected chi connectivity index (χ0v) is 16.1. The quantitative estimate of drug-likeness (QED) is 0.650. The smallest absolute Gasteiger partial charge is 0.322 e. The second-order valence-corrected chi connectivity index (χ2v) is 7.99. The number of hydrogen-bond donors (Lipinski definition) is 2. The molecule has 0 radical (unpaired) electrons. The summed E-state index contributed by atoms with van der Waals surface area (Å²) < 4.78 is 63.4. The number of nitrogens with one attached hydrogen (secondary N) is 2. The number of carbonyl (C=O) groups excluding carboxylic acids is 1. The zero-order chi connectivity index (χ0) is 21.4. The third kappa shape index (κ3) is 4.71. The Hall–Kier alpha value is -2.99. The number of sulfonamides is 1. The fourth-order valence-corrected chi connectivity index (χ4v) is 3.63. The average Bonchev–Trinajstić information content (AvgIpc) is 2.93. The van der Waals surface area contributed by atoms with E-state index in [1.54, 1.807) is 24.7 Å². The van der Waals surface area contributed by atoms with E-state index in [0.717, 1.165) is 17.5 Å². The third-order valence-electron chi connectivity index (χ3n) is 4.01. The summed E-state index contributed by atoms with van der Waals surface area (Å²) in [4.78, 5) is 16.3. The maximum absolute atomic E-state index is 12.4. The van der Waals surface area contributed by atoms with Crippen molar-refractivity contribution in [2.75, 3.05) is 11.9 Å². The van der Waals surface area contributed by atoms with E-state index in [4.69, 9.17) is 0 Å². The fourth-order valence-electron chi connectivity index (χ4n) is 2.61. The summed E-state index contributed by atoms with van der Waals surface area (Å²) in [6.07, 6.45) is -3.28. The molecule has 0 saturated heterocycles. The van der Waals surface area contributed by atoms with E-state index < -0.39 is 28.7 Å². The number of hydrogen-bond acceptors (Lipinski definition) is 5. The normalized spacial score (nSPS) is 12.3. The van der Waals surface area contributed by atoms with Gasteiger partial charge in [0.2, 0.25) is 10.0 Å². The van der Waals surface area contributed by atoms with Crippen LogP contribution in [-0.2, 0) is 17.1 Å². The molecule has 3 aromatic rings. The molecule has 0 aliphatic rings. The highest BCUT2D eigenvalue weighted by molar-refractivity contribution is 7.89. The molecule has 12 heteroatoms. The largest absolute Gasteiger partial charge is 0.402 e. The molecule has 0 fully saturated rings. The van der Waals surface area contributed by atoms with Gasteiger partial charge in [-0.15, -0.1) is 0 Å². The van der Waals surface area contributed by atoms with Gasteiger partial charge in [-0.3, -0.25) is 9.48 Å². The SMILES string of the molecule is Cc1nn(C)c2ncc(C(=O)Nc3ccc(S(=O)(=O)NCC(F)(F)F)cc3)cc12. The van der Waals surface area contributed by atoms with Gasteiger partial charge in [-0.1, -0.05) is 0 Å². The Labute approximate surface area is 163 Å². The van der Waals surface area contributed by atoms with Crippen LogP contribution in [0.25, 0.3) is 11.0 Å². The van der Waals surface area contributed by atoms with Gasteiger partial charge < -0.3 is 5.32 Å². The van der Waals surface area contributed by atoms with Gasteiger partial charge in [0.1, 0.15) is 6.54 Å². The predicted molar refractivity (Wildman–Crippen MR) is 98.9 cm³/mol. The molecule has 2 heterocycles. The number of aromatic nitrogens is 3. The number of pyridine rings is 1. The van der Waals surface area contributed by atoms with Crippen molar-refractivity contribution in [3.63, 3.8) is 0 Å². The van der Waals surface area contributed by atoms with Crippen molar-refractivity contribution in [3.8, 4) is 0 Å². The fraction of sp³-hybridized carbons (Fsp3) is 0.235. The van der Waals surface area contributed by atoms with E-state index in [1.165, 1.54) is 23.1 Å². The minimum absolute atomic E-state index is 0.271. The van der Waals surface area contributed by atoms with Gasteiger partial charge in [0.15, 0.2) is 5.65 Å². The molecule has 29 heavy (non-hydrogen) atoms. The number of benzene rings is 1. The highest BCUT2D eigenvalue weighted by Gasteiger charge is 2.30. The number of anilines is 1. The van der Waals surface area contributed by atoms with Crippen molar-refractivity contribution in [1.29, 1.82) is 0 Å². The lowest BCUT2D eigenvalue weighted by Crippen LogP contribution is -2.33. The Balaban J connectivity index is 1.74. The van der Waals surface area contributed by atoms with Gasteiger partial charge in [0, 0.05) is 24.3 Å². The van der Waals surface area contributed by atoms with Crippen molar-refractivity contribution in [3.05, 3.63) is 47.8 Å². The number of carbonyl (C=O) groups is 1. The molecule has 8 nitrogen and oxygen atoms in total. The van der Waals surface area contributed by atoms with Crippen LogP contribution in [0.5, 0.6) is 0 Å². The number of amides is 1. The average molecular weight is 427 g/mol. The Kier molecular flexibility index (Phi) is 5.32. The number of aryl methyl sites for hydroxylation is 2. The topological polar surface area (TPSA) is 106 Å². The van der Waals surface area contributed by atoms with E-state index in [0.29, 0.717) is 11.3 Å². The molecule has 2 aromatic heterocycles. The Bertz CT molecular complexity index is 1170. The Morgan fingerprint density at radius 1 is 1.21 bits per heavy atom. The van der Waals surface area contributed by atoms with Crippen LogP contribution in [0.3, 0.4) is 0 Å². The van der Waals surface area contributed by atoms with E-state index in [-0.39, 0.29) is 16.1 Å². The van der Waals surface area contributed by atoms with Crippen molar-refractivity contribution < 1.29 is 26.4 Å². The number of nitrogens with zero attached hydrogens (tertiary/aromatic N) is 3. The second kappa shape index (κ2) is 7.44. The van der Waals surface area contributed by atoms with Crippen molar-refractivity contribution in [2.45, 2.75) is 18.0 Å². The molecule has 0 saturated carbocycles. The van der Waals surface area contributed by atoms with Crippen molar-refractivity contribution >= 4 is 32.7 Å². The first-order chi connectivity index (χ1) is 13.5. The second-order valence-electron chi connectivity index (χ2n) is 6.22. The van der Waals surface area contributed by atoms with E-state index in [2.05, 4.69) is 15.4 Å². The summed E-state index contributed by atoms with van der Waals surface area (Å²) in [5.41, 5.74) is 1.88. The molecular weight excluding hydrogens is 411 g/mol. The lowest BCUT2D eigenvalue weighted by atomic mass is 10.2. The molecule has 3 rings (SSSR count).